The summed E-state index contributed by atoms with van der Waals surface area (Å²) in [6, 6.07) is 0. The molecule has 0 saturated carbocycles. The molecule has 0 atom stereocenters. The summed E-state index contributed by atoms with van der Waals surface area (Å²) in [5, 5.41) is 0. The number of ether oxygens (including phenoxy) is 1. The van der Waals surface area contributed by atoms with Gasteiger partial charge in [-0.2, -0.15) is 0 Å². The molecule has 1 rings (SSSR count). The number of hydrogen-bond acceptors (Lipinski definition) is 3. The van der Waals surface area contributed by atoms with Crippen molar-refractivity contribution in [3.05, 3.63) is 0 Å². The molecular weight excluding hydrogens is 166 g/mol. The zero-order chi connectivity index (χ0) is 9.19. The molecule has 0 unspecified atom stereocenters. The van der Waals surface area contributed by atoms with Crippen molar-refractivity contribution < 1.29 is 13.5 Å². The van der Waals surface area contributed by atoms with Crippen LogP contribution in [0.2, 0.25) is 0 Å². The molecule has 1 fully saturated rings. The number of halogens is 2. The van der Waals surface area contributed by atoms with Crippen LogP contribution in [0.3, 0.4) is 0 Å². The minimum absolute atomic E-state index is 0.124. The third-order valence-corrected chi connectivity index (χ3v) is 2.01. The molecule has 0 radical (unpaired) electrons. The molecule has 3 nitrogen and oxygen atoms in total. The Bertz CT molecular complexity index is 148. The number of likely N-dealkylation sites (tertiary alicyclic amines) is 1. The second-order valence-corrected chi connectivity index (χ2v) is 3.11. The molecule has 0 aromatic heterocycles. The van der Waals surface area contributed by atoms with Gasteiger partial charge in [-0.05, 0) is 0 Å². The lowest BCUT2D eigenvalue weighted by atomic mass is 10.1. The number of rotatable bonds is 4. The molecule has 5 heteroatoms. The molecule has 1 aliphatic heterocycles. The van der Waals surface area contributed by atoms with E-state index in [2.05, 4.69) is 0 Å². The van der Waals surface area contributed by atoms with Gasteiger partial charge in [0.15, 0.2) is 0 Å². The minimum Gasteiger partial charge on any atom is -0.379 e. The number of nitrogens with two attached hydrogens (primary N) is 1. The summed E-state index contributed by atoms with van der Waals surface area (Å²) < 4.78 is 30.2. The lowest BCUT2D eigenvalue weighted by Crippen LogP contribution is -2.56. The fourth-order valence-electron chi connectivity index (χ4n) is 1.19. The third-order valence-electron chi connectivity index (χ3n) is 2.01. The fourth-order valence-corrected chi connectivity index (χ4v) is 1.19. The third kappa shape index (κ3) is 2.36. The van der Waals surface area contributed by atoms with E-state index in [1.54, 1.807) is 12.0 Å². The van der Waals surface area contributed by atoms with E-state index in [4.69, 9.17) is 10.5 Å². The van der Waals surface area contributed by atoms with E-state index in [1.807, 2.05) is 0 Å². The number of methoxy groups -OCH3 is 1. The summed E-state index contributed by atoms with van der Waals surface area (Å²) in [6.07, 6.45) is 0.124. The first-order valence-corrected chi connectivity index (χ1v) is 3.90. The molecule has 12 heavy (non-hydrogen) atoms. The van der Waals surface area contributed by atoms with Gasteiger partial charge in [-0.1, -0.05) is 0 Å². The van der Waals surface area contributed by atoms with Gasteiger partial charge in [0, 0.05) is 20.2 Å². The normalized spacial score (nSPS) is 21.0. The van der Waals surface area contributed by atoms with E-state index in [9.17, 15) is 8.78 Å². The van der Waals surface area contributed by atoms with Crippen LogP contribution in [0.25, 0.3) is 0 Å². The Balaban J connectivity index is 2.18. The number of alkyl halides is 2. The van der Waals surface area contributed by atoms with E-state index >= 15 is 0 Å². The molecule has 0 aliphatic carbocycles. The predicted molar refractivity (Wildman–Crippen MR) is 41.2 cm³/mol. The molecule has 0 aromatic carbocycles. The quantitative estimate of drug-likeness (QED) is 0.657. The Hall–Kier alpha value is -0.260. The Morgan fingerprint density at radius 1 is 1.58 bits per heavy atom. The number of nitrogens with zero attached hydrogens (tertiary/aromatic N) is 1. The molecule has 2 N–H and O–H groups in total. The van der Waals surface area contributed by atoms with Gasteiger partial charge in [-0.3, -0.25) is 4.90 Å². The molecule has 72 valence electrons. The van der Waals surface area contributed by atoms with E-state index in [0.717, 1.165) is 0 Å². The monoisotopic (exact) mass is 180 g/mol. The van der Waals surface area contributed by atoms with E-state index < -0.39 is 12.5 Å². The average molecular weight is 180 g/mol. The van der Waals surface area contributed by atoms with Gasteiger partial charge in [-0.15, -0.1) is 0 Å². The van der Waals surface area contributed by atoms with Crippen molar-refractivity contribution in [2.24, 2.45) is 5.73 Å². The lowest BCUT2D eigenvalue weighted by Gasteiger charge is -2.39. The van der Waals surface area contributed by atoms with Crippen LogP contribution in [-0.4, -0.2) is 50.2 Å². The summed E-state index contributed by atoms with van der Waals surface area (Å²) in [7, 11) is 1.59. The Morgan fingerprint density at radius 2 is 2.17 bits per heavy atom. The zero-order valence-electron chi connectivity index (χ0n) is 7.09. The predicted octanol–water partition coefficient (Wildman–Crippen LogP) is -0.0890. The molecular formula is C7H14F2N2O. The van der Waals surface area contributed by atoms with Gasteiger partial charge in [0.2, 0.25) is 0 Å². The summed E-state index contributed by atoms with van der Waals surface area (Å²) in [5.41, 5.74) is 4.89. The van der Waals surface area contributed by atoms with E-state index in [1.165, 1.54) is 0 Å². The van der Waals surface area contributed by atoms with Crippen LogP contribution in [0.1, 0.15) is 0 Å². The Labute approximate surface area is 70.5 Å². The van der Waals surface area contributed by atoms with Gasteiger partial charge in [0.05, 0.1) is 19.2 Å². The van der Waals surface area contributed by atoms with Crippen LogP contribution in [0, 0.1) is 0 Å². The van der Waals surface area contributed by atoms with Crippen LogP contribution in [-0.2, 0) is 4.74 Å². The zero-order valence-corrected chi connectivity index (χ0v) is 7.09. The second-order valence-electron chi connectivity index (χ2n) is 3.11. The molecule has 1 saturated heterocycles. The van der Waals surface area contributed by atoms with Gasteiger partial charge >= 0.3 is 0 Å². The highest BCUT2D eigenvalue weighted by Gasteiger charge is 2.35. The first-order valence-electron chi connectivity index (χ1n) is 3.90. The van der Waals surface area contributed by atoms with Crippen molar-refractivity contribution in [1.29, 1.82) is 0 Å². The highest BCUT2D eigenvalue weighted by atomic mass is 19.3. The van der Waals surface area contributed by atoms with Gasteiger partial charge < -0.3 is 10.5 Å². The highest BCUT2D eigenvalue weighted by Crippen LogP contribution is 2.18. The molecule has 0 aromatic rings. The Kier molecular flexibility index (Phi) is 2.98. The summed E-state index contributed by atoms with van der Waals surface area (Å²) >= 11 is 0. The minimum atomic E-state index is -2.75. The smallest absolute Gasteiger partial charge is 0.272 e. The van der Waals surface area contributed by atoms with Gasteiger partial charge in [0.1, 0.15) is 0 Å². The van der Waals surface area contributed by atoms with Crippen LogP contribution < -0.4 is 5.73 Å². The standard InChI is InChI=1S/C7H14F2N2O/c1-12-6-2-11(3-6)5-7(8,9)4-10/h6H,2-5,10H2,1H3. The van der Waals surface area contributed by atoms with Gasteiger partial charge in [-0.25, -0.2) is 8.78 Å². The van der Waals surface area contributed by atoms with Crippen molar-refractivity contribution in [2.75, 3.05) is 33.3 Å². The first kappa shape index (κ1) is 9.83. The van der Waals surface area contributed by atoms with Crippen LogP contribution in [0.5, 0.6) is 0 Å². The molecule has 0 amide bonds. The SMILES string of the molecule is COC1CN(CC(F)(F)CN)C1. The molecule has 0 bridgehead atoms. The van der Waals surface area contributed by atoms with E-state index in [-0.39, 0.29) is 12.6 Å². The maximum atomic E-state index is 12.6. The largest absolute Gasteiger partial charge is 0.379 e. The van der Waals surface area contributed by atoms with Crippen molar-refractivity contribution in [2.45, 2.75) is 12.0 Å². The molecule has 0 spiro atoms. The summed E-state index contributed by atoms with van der Waals surface area (Å²) in [6.45, 7) is 0.350. The first-order chi connectivity index (χ1) is 5.57. The van der Waals surface area contributed by atoms with Crippen LogP contribution >= 0.6 is 0 Å². The Morgan fingerprint density at radius 3 is 2.58 bits per heavy atom. The fraction of sp³-hybridized carbons (Fsp3) is 1.00. The molecule has 1 aliphatic rings. The topological polar surface area (TPSA) is 38.5 Å². The average Bonchev–Trinajstić information content (AvgIpc) is 1.96. The van der Waals surface area contributed by atoms with Crippen molar-refractivity contribution in [3.8, 4) is 0 Å². The highest BCUT2D eigenvalue weighted by molar-refractivity contribution is 4.84. The maximum Gasteiger partial charge on any atom is 0.272 e. The lowest BCUT2D eigenvalue weighted by molar-refractivity contribution is -0.0876. The van der Waals surface area contributed by atoms with Crippen molar-refractivity contribution in [3.63, 3.8) is 0 Å². The molecule has 1 heterocycles. The van der Waals surface area contributed by atoms with Crippen molar-refractivity contribution >= 4 is 0 Å². The number of hydrogen-bond donors (Lipinski definition) is 1. The van der Waals surface area contributed by atoms with Crippen LogP contribution in [0.4, 0.5) is 8.78 Å². The summed E-state index contributed by atoms with van der Waals surface area (Å²) in [4.78, 5) is 1.64. The van der Waals surface area contributed by atoms with Crippen LogP contribution in [0.15, 0.2) is 0 Å². The van der Waals surface area contributed by atoms with E-state index in [0.29, 0.717) is 13.1 Å². The van der Waals surface area contributed by atoms with Gasteiger partial charge in [0.25, 0.3) is 5.92 Å². The second kappa shape index (κ2) is 3.64. The summed E-state index contributed by atoms with van der Waals surface area (Å²) in [5.74, 6) is -2.75. The maximum absolute atomic E-state index is 12.6. The van der Waals surface area contributed by atoms with Crippen molar-refractivity contribution in [1.82, 2.24) is 4.90 Å².